The summed E-state index contributed by atoms with van der Waals surface area (Å²) in [4.78, 5) is 17.5. The van der Waals surface area contributed by atoms with Gasteiger partial charge < -0.3 is 14.3 Å². The molecular weight excluding hydrogens is 324 g/mol. The van der Waals surface area contributed by atoms with Crippen LogP contribution < -0.4 is 0 Å². The fraction of sp³-hybridized carbons (Fsp3) is 0.353. The maximum Gasteiger partial charge on any atom is 0.277 e. The van der Waals surface area contributed by atoms with Crippen LogP contribution in [0.25, 0.3) is 22.4 Å². The molecule has 4 rings (SSSR count). The van der Waals surface area contributed by atoms with Gasteiger partial charge in [-0.2, -0.15) is 0 Å². The van der Waals surface area contributed by atoms with E-state index in [9.17, 15) is 4.79 Å². The van der Waals surface area contributed by atoms with Gasteiger partial charge in [-0.05, 0) is 25.8 Å². The maximum atomic E-state index is 12.4. The lowest BCUT2D eigenvalue weighted by Gasteiger charge is -2.18. The Morgan fingerprint density at radius 1 is 1.29 bits per heavy atom. The smallest absolute Gasteiger partial charge is 0.277 e. The zero-order valence-corrected chi connectivity index (χ0v) is 14.2. The van der Waals surface area contributed by atoms with Crippen molar-refractivity contribution in [3.05, 3.63) is 30.5 Å². The van der Waals surface area contributed by atoms with Crippen LogP contribution in [-0.4, -0.2) is 44.3 Å². The van der Waals surface area contributed by atoms with Gasteiger partial charge in [-0.1, -0.05) is 30.0 Å². The van der Waals surface area contributed by atoms with Crippen LogP contribution in [0, 0.1) is 0 Å². The molecule has 0 bridgehead atoms. The average molecular weight is 342 g/mol. The molecule has 124 valence electrons. The van der Waals surface area contributed by atoms with Gasteiger partial charge in [0.05, 0.1) is 10.8 Å². The van der Waals surface area contributed by atoms with Gasteiger partial charge in [0.2, 0.25) is 5.91 Å². The number of nitrogens with one attached hydrogen (secondary N) is 1. The Hall–Kier alpha value is -2.28. The summed E-state index contributed by atoms with van der Waals surface area (Å²) in [6.07, 6.45) is 4.05. The van der Waals surface area contributed by atoms with Crippen LogP contribution >= 0.6 is 11.8 Å². The molecule has 1 aliphatic rings. The third-order valence-electron chi connectivity index (χ3n) is 4.27. The first-order valence-corrected chi connectivity index (χ1v) is 8.96. The van der Waals surface area contributed by atoms with Crippen LogP contribution in [0.1, 0.15) is 19.8 Å². The molecule has 7 heteroatoms. The minimum absolute atomic E-state index is 0.143. The number of carbonyl (C=O) groups is 1. The number of rotatable bonds is 4. The number of aromatic nitrogens is 3. The quantitative estimate of drug-likeness (QED) is 0.736. The number of likely N-dealkylation sites (tertiary alicyclic amines) is 1. The molecule has 24 heavy (non-hydrogen) atoms. The molecule has 0 unspecified atom stereocenters. The van der Waals surface area contributed by atoms with Crippen molar-refractivity contribution in [2.75, 3.05) is 13.1 Å². The van der Waals surface area contributed by atoms with E-state index in [0.29, 0.717) is 11.1 Å². The largest absolute Gasteiger partial charge is 0.411 e. The zero-order valence-electron chi connectivity index (χ0n) is 13.4. The second kappa shape index (κ2) is 6.32. The third-order valence-corrected chi connectivity index (χ3v) is 5.19. The number of aromatic amines is 1. The molecule has 0 spiro atoms. The highest BCUT2D eigenvalue weighted by atomic mass is 32.2. The van der Waals surface area contributed by atoms with Crippen molar-refractivity contribution in [3.8, 4) is 11.5 Å². The molecule has 1 N–H and O–H groups in total. The van der Waals surface area contributed by atoms with Crippen molar-refractivity contribution in [1.29, 1.82) is 0 Å². The molecule has 1 amide bonds. The molecule has 0 radical (unpaired) electrons. The Labute approximate surface area is 143 Å². The second-order valence-electron chi connectivity index (χ2n) is 5.91. The Morgan fingerprint density at radius 2 is 2.08 bits per heavy atom. The van der Waals surface area contributed by atoms with Crippen LogP contribution in [0.3, 0.4) is 0 Å². The minimum Gasteiger partial charge on any atom is -0.411 e. The van der Waals surface area contributed by atoms with E-state index in [1.165, 1.54) is 11.8 Å². The lowest BCUT2D eigenvalue weighted by Crippen LogP contribution is -2.34. The zero-order chi connectivity index (χ0) is 16.5. The van der Waals surface area contributed by atoms with E-state index in [4.69, 9.17) is 4.42 Å². The summed E-state index contributed by atoms with van der Waals surface area (Å²) in [5, 5.41) is 9.47. The highest BCUT2D eigenvalue weighted by molar-refractivity contribution is 8.00. The van der Waals surface area contributed by atoms with E-state index in [0.717, 1.165) is 42.4 Å². The predicted octanol–water partition coefficient (Wildman–Crippen LogP) is 3.32. The summed E-state index contributed by atoms with van der Waals surface area (Å²) < 4.78 is 5.77. The summed E-state index contributed by atoms with van der Waals surface area (Å²) >= 11 is 1.32. The molecule has 0 saturated carbocycles. The molecule has 3 aromatic rings. The van der Waals surface area contributed by atoms with Gasteiger partial charge in [-0.25, -0.2) is 0 Å². The first kappa shape index (κ1) is 15.3. The number of para-hydroxylation sites is 1. The Kier molecular flexibility index (Phi) is 4.02. The van der Waals surface area contributed by atoms with Crippen LogP contribution in [0.15, 0.2) is 40.1 Å². The summed E-state index contributed by atoms with van der Waals surface area (Å²) in [5.74, 6) is 0.611. The Balaban J connectivity index is 1.51. The standard InChI is InChI=1S/C17H18N4O2S/c1-11(16(22)21-8-4-5-9-21)24-17-20-19-15(23-17)13-10-18-14-7-3-2-6-12(13)14/h2-3,6-7,10-11,18H,4-5,8-9H2,1H3/t11-/m1/s1. The van der Waals surface area contributed by atoms with Gasteiger partial charge in [-0.15, -0.1) is 10.2 Å². The van der Waals surface area contributed by atoms with Crippen LogP contribution in [-0.2, 0) is 4.79 Å². The van der Waals surface area contributed by atoms with E-state index in [1.807, 2.05) is 42.3 Å². The number of hydrogen-bond donors (Lipinski definition) is 1. The van der Waals surface area contributed by atoms with Crippen molar-refractivity contribution in [3.63, 3.8) is 0 Å². The SMILES string of the molecule is C[C@@H](Sc1nnc(-c2c[nH]c3ccccc23)o1)C(=O)N1CCCC1. The van der Waals surface area contributed by atoms with Gasteiger partial charge in [0.25, 0.3) is 11.1 Å². The van der Waals surface area contributed by atoms with E-state index in [-0.39, 0.29) is 11.2 Å². The summed E-state index contributed by atoms with van der Waals surface area (Å²) in [5.41, 5.74) is 1.90. The van der Waals surface area contributed by atoms with Gasteiger partial charge in [0, 0.05) is 30.2 Å². The number of nitrogens with zero attached hydrogens (tertiary/aromatic N) is 3. The van der Waals surface area contributed by atoms with Crippen LogP contribution in [0.5, 0.6) is 0 Å². The minimum atomic E-state index is -0.223. The number of thioether (sulfide) groups is 1. The normalized spacial score (nSPS) is 16.0. The number of fused-ring (bicyclic) bond motifs is 1. The highest BCUT2D eigenvalue weighted by Crippen LogP contribution is 2.31. The van der Waals surface area contributed by atoms with Crippen LogP contribution in [0.4, 0.5) is 0 Å². The molecular formula is C17H18N4O2S. The van der Waals surface area contributed by atoms with Crippen molar-refractivity contribution >= 4 is 28.6 Å². The monoisotopic (exact) mass is 342 g/mol. The van der Waals surface area contributed by atoms with Gasteiger partial charge in [-0.3, -0.25) is 4.79 Å². The lowest BCUT2D eigenvalue weighted by atomic mass is 10.2. The number of amides is 1. The fourth-order valence-electron chi connectivity index (χ4n) is 3.01. The average Bonchev–Trinajstić information content (AvgIpc) is 3.34. The number of H-pyrrole nitrogens is 1. The molecule has 6 nitrogen and oxygen atoms in total. The predicted molar refractivity (Wildman–Crippen MR) is 92.7 cm³/mol. The summed E-state index contributed by atoms with van der Waals surface area (Å²) in [6, 6.07) is 7.96. The lowest BCUT2D eigenvalue weighted by molar-refractivity contribution is -0.129. The van der Waals surface area contributed by atoms with Gasteiger partial charge in [0.1, 0.15) is 0 Å². The molecule has 1 aromatic carbocycles. The number of hydrogen-bond acceptors (Lipinski definition) is 5. The van der Waals surface area contributed by atoms with E-state index < -0.39 is 0 Å². The van der Waals surface area contributed by atoms with Crippen LogP contribution in [0.2, 0.25) is 0 Å². The van der Waals surface area contributed by atoms with E-state index in [1.54, 1.807) is 0 Å². The van der Waals surface area contributed by atoms with Crippen molar-refractivity contribution in [2.45, 2.75) is 30.2 Å². The van der Waals surface area contributed by atoms with E-state index >= 15 is 0 Å². The molecule has 3 heterocycles. The first-order valence-electron chi connectivity index (χ1n) is 8.08. The molecule has 2 aromatic heterocycles. The summed E-state index contributed by atoms with van der Waals surface area (Å²) in [7, 11) is 0. The van der Waals surface area contributed by atoms with Gasteiger partial charge >= 0.3 is 0 Å². The van der Waals surface area contributed by atoms with Gasteiger partial charge in [0.15, 0.2) is 0 Å². The van der Waals surface area contributed by atoms with E-state index in [2.05, 4.69) is 15.2 Å². The third kappa shape index (κ3) is 2.80. The molecule has 1 aliphatic heterocycles. The molecule has 1 atom stereocenters. The number of benzene rings is 1. The molecule has 1 saturated heterocycles. The molecule has 0 aliphatic carbocycles. The Bertz CT molecular complexity index is 866. The topological polar surface area (TPSA) is 75.0 Å². The fourth-order valence-corrected chi connectivity index (χ4v) is 3.78. The second-order valence-corrected chi connectivity index (χ2v) is 7.21. The highest BCUT2D eigenvalue weighted by Gasteiger charge is 2.26. The van der Waals surface area contributed by atoms with Crippen molar-refractivity contribution in [1.82, 2.24) is 20.1 Å². The van der Waals surface area contributed by atoms with Crippen molar-refractivity contribution < 1.29 is 9.21 Å². The Morgan fingerprint density at radius 3 is 2.92 bits per heavy atom. The summed E-state index contributed by atoms with van der Waals surface area (Å²) in [6.45, 7) is 3.60. The first-order chi connectivity index (χ1) is 11.7. The molecule has 1 fully saturated rings. The number of carbonyl (C=O) groups excluding carboxylic acids is 1. The maximum absolute atomic E-state index is 12.4. The van der Waals surface area contributed by atoms with Crippen molar-refractivity contribution in [2.24, 2.45) is 0 Å².